The van der Waals surface area contributed by atoms with Crippen LogP contribution in [0.25, 0.3) is 0 Å². The van der Waals surface area contributed by atoms with Gasteiger partial charge in [-0.15, -0.1) is 0 Å². The number of non-ortho nitro benzene ring substituents is 1. The Morgan fingerprint density at radius 2 is 1.72 bits per heavy atom. The Labute approximate surface area is 169 Å². The van der Waals surface area contributed by atoms with Gasteiger partial charge in [0.15, 0.2) is 11.9 Å². The number of carbonyl (C=O) groups is 3. The molecule has 0 radical (unpaired) electrons. The minimum atomic E-state index is -0.942. The molecule has 29 heavy (non-hydrogen) atoms. The molecule has 7 heteroatoms. The summed E-state index contributed by atoms with van der Waals surface area (Å²) in [7, 11) is 0. The summed E-state index contributed by atoms with van der Waals surface area (Å²) >= 11 is 0. The van der Waals surface area contributed by atoms with Crippen LogP contribution in [0.2, 0.25) is 0 Å². The highest BCUT2D eigenvalue weighted by molar-refractivity contribution is 5.95. The lowest BCUT2D eigenvalue weighted by Crippen LogP contribution is -2.67. The smallest absolute Gasteiger partial charge is 0.338 e. The maximum atomic E-state index is 13.1. The molecule has 1 aromatic rings. The van der Waals surface area contributed by atoms with Crippen molar-refractivity contribution in [3.63, 3.8) is 0 Å². The Kier molecular flexibility index (Phi) is 4.23. The minimum absolute atomic E-state index is 0.00450. The third-order valence-corrected chi connectivity index (χ3v) is 7.62. The Hall–Kier alpha value is -2.57. The molecule has 5 aliphatic rings. The fourth-order valence-corrected chi connectivity index (χ4v) is 6.55. The summed E-state index contributed by atoms with van der Waals surface area (Å²) < 4.78 is 5.69. The van der Waals surface area contributed by atoms with E-state index in [9.17, 15) is 24.5 Å². The largest absolute Gasteiger partial charge is 0.450 e. The third-order valence-electron chi connectivity index (χ3n) is 7.62. The molecule has 0 aliphatic heterocycles. The molecule has 6 atom stereocenters. The highest BCUT2D eigenvalue weighted by atomic mass is 16.6. The molecular formula is C22H25NO6. The minimum Gasteiger partial charge on any atom is -0.450 e. The van der Waals surface area contributed by atoms with Crippen LogP contribution >= 0.6 is 0 Å². The first-order valence-electron chi connectivity index (χ1n) is 9.99. The number of carbonyl (C=O) groups excluding carboxylic acids is 3. The first-order chi connectivity index (χ1) is 13.5. The Morgan fingerprint density at radius 1 is 1.10 bits per heavy atom. The van der Waals surface area contributed by atoms with E-state index in [-0.39, 0.29) is 58.3 Å². The molecule has 5 aliphatic carbocycles. The number of ether oxygens (including phenoxy) is 1. The predicted octanol–water partition coefficient (Wildman–Crippen LogP) is 3.60. The number of nitrogens with zero attached hydrogens (tertiary/aromatic N) is 1. The Balaban J connectivity index is 1.63. The number of rotatable bonds is 3. The van der Waals surface area contributed by atoms with Gasteiger partial charge in [-0.05, 0) is 35.3 Å². The molecule has 154 valence electrons. The monoisotopic (exact) mass is 399 g/mol. The van der Waals surface area contributed by atoms with E-state index in [2.05, 4.69) is 6.92 Å². The number of Topliss-reactive ketones (excluding diaryl/α,β-unsaturated/α-hetero) is 2. The van der Waals surface area contributed by atoms with Crippen molar-refractivity contribution in [3.8, 4) is 0 Å². The summed E-state index contributed by atoms with van der Waals surface area (Å²) in [5.74, 6) is -0.304. The summed E-state index contributed by atoms with van der Waals surface area (Å²) in [6.07, 6.45) is -0.155. The first-order valence-corrected chi connectivity index (χ1v) is 9.99. The fraction of sp³-hybridized carbons (Fsp3) is 0.591. The molecule has 1 aromatic carbocycles. The average molecular weight is 399 g/mol. The summed E-state index contributed by atoms with van der Waals surface area (Å²) in [5, 5.41) is 10.8. The molecule has 5 saturated carbocycles. The van der Waals surface area contributed by atoms with E-state index in [1.165, 1.54) is 24.3 Å². The lowest BCUT2D eigenvalue weighted by Gasteiger charge is -2.67. The van der Waals surface area contributed by atoms with E-state index in [1.54, 1.807) is 0 Å². The SMILES string of the molecule is C[C@@H]1CC(=O)[C@@H]2[C@@H]3[C@H]1[C@@]2(C)CC(=O)[C@@H](OC(=O)c1ccc([N+](=O)[O-])cc1)C3(C)C. The number of benzene rings is 1. The van der Waals surface area contributed by atoms with Gasteiger partial charge in [-0.1, -0.05) is 27.7 Å². The highest BCUT2D eigenvalue weighted by Gasteiger charge is 2.73. The van der Waals surface area contributed by atoms with Crippen molar-refractivity contribution in [2.24, 2.45) is 34.5 Å². The van der Waals surface area contributed by atoms with Crippen molar-refractivity contribution < 1.29 is 24.0 Å². The second kappa shape index (κ2) is 6.21. The maximum Gasteiger partial charge on any atom is 0.338 e. The molecule has 4 bridgehead atoms. The van der Waals surface area contributed by atoms with Gasteiger partial charge in [0.2, 0.25) is 0 Å². The number of ketones is 2. The maximum absolute atomic E-state index is 13.1. The molecule has 0 spiro atoms. The van der Waals surface area contributed by atoms with Gasteiger partial charge in [0.05, 0.1) is 10.5 Å². The molecule has 0 N–H and O–H groups in total. The Morgan fingerprint density at radius 3 is 2.28 bits per heavy atom. The molecular weight excluding hydrogens is 374 g/mol. The lowest BCUT2D eigenvalue weighted by molar-refractivity contribution is -0.384. The van der Waals surface area contributed by atoms with Crippen LogP contribution in [0.1, 0.15) is 50.9 Å². The number of nitro benzene ring substituents is 1. The third kappa shape index (κ3) is 2.66. The average Bonchev–Trinajstić information content (AvgIpc) is 2.73. The topological polar surface area (TPSA) is 104 Å². The van der Waals surface area contributed by atoms with Gasteiger partial charge < -0.3 is 4.74 Å². The normalized spacial score (nSPS) is 37.3. The van der Waals surface area contributed by atoms with Crippen molar-refractivity contribution in [1.29, 1.82) is 0 Å². The van der Waals surface area contributed by atoms with Crippen molar-refractivity contribution in [2.45, 2.75) is 46.6 Å². The highest BCUT2D eigenvalue weighted by Crippen LogP contribution is 2.72. The van der Waals surface area contributed by atoms with Crippen molar-refractivity contribution in [2.75, 3.05) is 0 Å². The number of nitro groups is 1. The first kappa shape index (κ1) is 19.7. The van der Waals surface area contributed by atoms with Crippen LogP contribution in [0.5, 0.6) is 0 Å². The number of fused-ring (bicyclic) bond motifs is 5. The molecule has 0 heterocycles. The molecule has 7 nitrogen and oxygen atoms in total. The van der Waals surface area contributed by atoms with Gasteiger partial charge in [0.25, 0.3) is 5.69 Å². The summed E-state index contributed by atoms with van der Waals surface area (Å²) in [4.78, 5) is 48.9. The van der Waals surface area contributed by atoms with E-state index in [0.717, 1.165) is 0 Å². The second-order valence-corrected chi connectivity index (χ2v) is 9.74. The van der Waals surface area contributed by atoms with Gasteiger partial charge in [-0.2, -0.15) is 0 Å². The van der Waals surface area contributed by atoms with Gasteiger partial charge >= 0.3 is 5.97 Å². The molecule has 5 fully saturated rings. The lowest BCUT2D eigenvalue weighted by atomic mass is 9.35. The zero-order chi connectivity index (χ0) is 21.3. The predicted molar refractivity (Wildman–Crippen MR) is 103 cm³/mol. The molecule has 0 aromatic heterocycles. The van der Waals surface area contributed by atoms with E-state index in [4.69, 9.17) is 4.74 Å². The van der Waals surface area contributed by atoms with Crippen LogP contribution in [-0.2, 0) is 14.3 Å². The van der Waals surface area contributed by atoms with Crippen LogP contribution in [0, 0.1) is 44.6 Å². The molecule has 0 unspecified atom stereocenters. The second-order valence-electron chi connectivity index (χ2n) is 9.74. The number of hydrogen-bond acceptors (Lipinski definition) is 6. The van der Waals surface area contributed by atoms with Gasteiger partial charge in [0, 0.05) is 36.3 Å². The van der Waals surface area contributed by atoms with Crippen molar-refractivity contribution in [1.82, 2.24) is 0 Å². The van der Waals surface area contributed by atoms with Crippen LogP contribution < -0.4 is 0 Å². The number of hydrogen-bond donors (Lipinski definition) is 0. The van der Waals surface area contributed by atoms with Gasteiger partial charge in [-0.3, -0.25) is 19.7 Å². The zero-order valence-electron chi connectivity index (χ0n) is 17.0. The summed E-state index contributed by atoms with van der Waals surface area (Å²) in [5.41, 5.74) is -0.987. The quantitative estimate of drug-likeness (QED) is 0.437. The van der Waals surface area contributed by atoms with Crippen LogP contribution in [0.4, 0.5) is 5.69 Å². The van der Waals surface area contributed by atoms with E-state index < -0.39 is 22.4 Å². The standard InChI is InChI=1S/C22H25NO6/c1-11-9-14(24)17-18-16(11)22(17,4)10-15(25)19(21(18,2)3)29-20(26)12-5-7-13(8-6-12)23(27)28/h5-8,11,16-19H,9-10H2,1-4H3/t11-,16+,17-,18+,19-,22-/m1/s1. The van der Waals surface area contributed by atoms with E-state index >= 15 is 0 Å². The summed E-state index contributed by atoms with van der Waals surface area (Å²) in [6, 6.07) is 5.13. The van der Waals surface area contributed by atoms with Crippen LogP contribution in [0.3, 0.4) is 0 Å². The van der Waals surface area contributed by atoms with Crippen LogP contribution in [0.15, 0.2) is 24.3 Å². The summed E-state index contributed by atoms with van der Waals surface area (Å²) in [6.45, 7) is 7.94. The van der Waals surface area contributed by atoms with Crippen molar-refractivity contribution in [3.05, 3.63) is 39.9 Å². The fourth-order valence-electron chi connectivity index (χ4n) is 6.55. The Bertz CT molecular complexity index is 920. The van der Waals surface area contributed by atoms with Crippen molar-refractivity contribution >= 4 is 23.2 Å². The van der Waals surface area contributed by atoms with E-state index in [1.807, 2.05) is 20.8 Å². The zero-order valence-corrected chi connectivity index (χ0v) is 17.0. The van der Waals surface area contributed by atoms with Crippen LogP contribution in [-0.4, -0.2) is 28.6 Å². The number of esters is 1. The molecule has 6 rings (SSSR count). The van der Waals surface area contributed by atoms with E-state index in [0.29, 0.717) is 6.42 Å². The van der Waals surface area contributed by atoms with Gasteiger partial charge in [0.1, 0.15) is 5.78 Å². The molecule has 0 amide bonds. The molecule has 0 saturated heterocycles. The van der Waals surface area contributed by atoms with Gasteiger partial charge in [-0.25, -0.2) is 4.79 Å².